The maximum atomic E-state index is 3.82. The highest BCUT2D eigenvalue weighted by atomic mass is 15.2. The fraction of sp³-hybridized carbons (Fsp3) is 0.684. The van der Waals surface area contributed by atoms with Crippen molar-refractivity contribution < 1.29 is 0 Å². The lowest BCUT2D eigenvalue weighted by atomic mass is 9.82. The molecular weight excluding hydrogens is 256 g/mol. The van der Waals surface area contributed by atoms with Gasteiger partial charge in [-0.25, -0.2) is 0 Å². The quantitative estimate of drug-likeness (QED) is 0.886. The molecule has 1 aromatic carbocycles. The number of nitrogens with one attached hydrogen (secondary N) is 1. The van der Waals surface area contributed by atoms with Gasteiger partial charge in [0.2, 0.25) is 0 Å². The zero-order chi connectivity index (χ0) is 14.7. The monoisotopic (exact) mass is 286 g/mol. The standard InChI is InChI=1S/C19H30N2/c1-3-18-14-20-19(2,17-10-5-4-6-11-17)15-21(18)13-12-16-8-7-9-16/h4-6,10-11,16,18,20H,3,7-9,12-15H2,1-2H3. The molecule has 1 aliphatic heterocycles. The van der Waals surface area contributed by atoms with Gasteiger partial charge < -0.3 is 5.32 Å². The molecule has 2 atom stereocenters. The van der Waals surface area contributed by atoms with E-state index in [1.807, 2.05) is 0 Å². The third kappa shape index (κ3) is 3.32. The van der Waals surface area contributed by atoms with Crippen molar-refractivity contribution >= 4 is 0 Å². The highest BCUT2D eigenvalue weighted by Gasteiger charge is 2.36. The Morgan fingerprint density at radius 3 is 2.62 bits per heavy atom. The van der Waals surface area contributed by atoms with Crippen LogP contribution < -0.4 is 5.32 Å². The summed E-state index contributed by atoms with van der Waals surface area (Å²) in [4.78, 5) is 2.75. The lowest BCUT2D eigenvalue weighted by Crippen LogP contribution is -2.61. The third-order valence-corrected chi connectivity index (χ3v) is 5.70. The smallest absolute Gasteiger partial charge is 0.0535 e. The minimum atomic E-state index is 0.104. The first-order valence-electron chi connectivity index (χ1n) is 8.76. The summed E-state index contributed by atoms with van der Waals surface area (Å²) in [7, 11) is 0. The van der Waals surface area contributed by atoms with Gasteiger partial charge in [0.1, 0.15) is 0 Å². The Labute approximate surface area is 129 Å². The summed E-state index contributed by atoms with van der Waals surface area (Å²) >= 11 is 0. The lowest BCUT2D eigenvalue weighted by molar-refractivity contribution is 0.0726. The van der Waals surface area contributed by atoms with Crippen molar-refractivity contribution in [2.75, 3.05) is 19.6 Å². The third-order valence-electron chi connectivity index (χ3n) is 5.70. The van der Waals surface area contributed by atoms with Crippen molar-refractivity contribution in [3.05, 3.63) is 35.9 Å². The Morgan fingerprint density at radius 2 is 2.00 bits per heavy atom. The van der Waals surface area contributed by atoms with Crippen LogP contribution in [0.2, 0.25) is 0 Å². The van der Waals surface area contributed by atoms with Gasteiger partial charge in [0.25, 0.3) is 0 Å². The maximum Gasteiger partial charge on any atom is 0.0535 e. The van der Waals surface area contributed by atoms with Crippen LogP contribution in [0.15, 0.2) is 30.3 Å². The van der Waals surface area contributed by atoms with Crippen LogP contribution in [0.1, 0.15) is 51.5 Å². The summed E-state index contributed by atoms with van der Waals surface area (Å²) in [6.45, 7) is 8.24. The first-order valence-corrected chi connectivity index (χ1v) is 8.76. The van der Waals surface area contributed by atoms with Gasteiger partial charge in [-0.3, -0.25) is 4.90 Å². The van der Waals surface area contributed by atoms with Crippen LogP contribution in [-0.4, -0.2) is 30.6 Å². The molecular formula is C19H30N2. The zero-order valence-corrected chi connectivity index (χ0v) is 13.6. The summed E-state index contributed by atoms with van der Waals surface area (Å²) in [5.74, 6) is 1.01. The number of hydrogen-bond acceptors (Lipinski definition) is 2. The SMILES string of the molecule is CCC1CNC(C)(c2ccccc2)CN1CCC1CCC1. The topological polar surface area (TPSA) is 15.3 Å². The molecule has 3 rings (SSSR count). The van der Waals surface area contributed by atoms with Crippen molar-refractivity contribution in [3.63, 3.8) is 0 Å². The average Bonchev–Trinajstić information content (AvgIpc) is 2.47. The first kappa shape index (κ1) is 15.1. The number of benzene rings is 1. The van der Waals surface area contributed by atoms with Gasteiger partial charge in [-0.2, -0.15) is 0 Å². The van der Waals surface area contributed by atoms with Gasteiger partial charge in [0, 0.05) is 19.1 Å². The molecule has 1 aromatic rings. The van der Waals surface area contributed by atoms with E-state index in [4.69, 9.17) is 0 Å². The van der Waals surface area contributed by atoms with Gasteiger partial charge in [0.05, 0.1) is 5.54 Å². The van der Waals surface area contributed by atoms with Crippen LogP contribution in [0, 0.1) is 5.92 Å². The van der Waals surface area contributed by atoms with Gasteiger partial charge in [0.15, 0.2) is 0 Å². The van der Waals surface area contributed by atoms with E-state index in [1.54, 1.807) is 0 Å². The van der Waals surface area contributed by atoms with E-state index in [-0.39, 0.29) is 5.54 Å². The van der Waals surface area contributed by atoms with Gasteiger partial charge >= 0.3 is 0 Å². The van der Waals surface area contributed by atoms with E-state index in [9.17, 15) is 0 Å². The van der Waals surface area contributed by atoms with E-state index in [2.05, 4.69) is 54.4 Å². The lowest BCUT2D eigenvalue weighted by Gasteiger charge is -2.47. The fourth-order valence-corrected chi connectivity index (χ4v) is 3.86. The Hall–Kier alpha value is -0.860. The second-order valence-electron chi connectivity index (χ2n) is 7.20. The molecule has 0 bridgehead atoms. The fourth-order valence-electron chi connectivity index (χ4n) is 3.86. The van der Waals surface area contributed by atoms with Crippen molar-refractivity contribution in [3.8, 4) is 0 Å². The van der Waals surface area contributed by atoms with Crippen molar-refractivity contribution in [1.29, 1.82) is 0 Å². The van der Waals surface area contributed by atoms with Crippen LogP contribution in [0.3, 0.4) is 0 Å². The summed E-state index contributed by atoms with van der Waals surface area (Å²) in [6.07, 6.45) is 7.06. The van der Waals surface area contributed by atoms with E-state index < -0.39 is 0 Å². The molecule has 2 heteroatoms. The van der Waals surface area contributed by atoms with Crippen LogP contribution in [0.25, 0.3) is 0 Å². The zero-order valence-electron chi connectivity index (χ0n) is 13.6. The predicted molar refractivity (Wildman–Crippen MR) is 89.4 cm³/mol. The minimum absolute atomic E-state index is 0.104. The summed E-state index contributed by atoms with van der Waals surface area (Å²) in [5, 5.41) is 3.82. The van der Waals surface area contributed by atoms with Gasteiger partial charge in [-0.15, -0.1) is 0 Å². The molecule has 0 aromatic heterocycles. The molecule has 0 radical (unpaired) electrons. The van der Waals surface area contributed by atoms with Gasteiger partial charge in [-0.05, 0) is 37.8 Å². The molecule has 1 heterocycles. The molecule has 1 saturated carbocycles. The van der Waals surface area contributed by atoms with E-state index in [0.29, 0.717) is 6.04 Å². The largest absolute Gasteiger partial charge is 0.305 e. The van der Waals surface area contributed by atoms with Crippen molar-refractivity contribution in [2.24, 2.45) is 5.92 Å². The highest BCUT2D eigenvalue weighted by Crippen LogP contribution is 2.32. The van der Waals surface area contributed by atoms with Crippen LogP contribution in [0.5, 0.6) is 0 Å². The van der Waals surface area contributed by atoms with Crippen LogP contribution >= 0.6 is 0 Å². The highest BCUT2D eigenvalue weighted by molar-refractivity contribution is 5.25. The summed E-state index contributed by atoms with van der Waals surface area (Å²) in [5.41, 5.74) is 1.53. The average molecular weight is 286 g/mol. The molecule has 1 N–H and O–H groups in total. The van der Waals surface area contributed by atoms with E-state index in [1.165, 1.54) is 44.2 Å². The normalized spacial score (nSPS) is 31.0. The Kier molecular flexibility index (Phi) is 4.66. The molecule has 116 valence electrons. The number of rotatable bonds is 5. The number of piperazine rings is 1. The van der Waals surface area contributed by atoms with Crippen molar-refractivity contribution in [1.82, 2.24) is 10.2 Å². The Bertz CT molecular complexity index is 440. The second kappa shape index (κ2) is 6.50. The minimum Gasteiger partial charge on any atom is -0.305 e. The molecule has 0 amide bonds. The molecule has 1 saturated heterocycles. The predicted octanol–water partition coefficient (Wildman–Crippen LogP) is 3.78. The molecule has 2 fully saturated rings. The maximum absolute atomic E-state index is 3.82. The second-order valence-corrected chi connectivity index (χ2v) is 7.20. The number of hydrogen-bond donors (Lipinski definition) is 1. The first-order chi connectivity index (χ1) is 10.2. The Morgan fingerprint density at radius 1 is 1.24 bits per heavy atom. The van der Waals surface area contributed by atoms with Gasteiger partial charge in [-0.1, -0.05) is 56.5 Å². The summed E-state index contributed by atoms with van der Waals surface area (Å²) < 4.78 is 0. The Balaban J connectivity index is 1.67. The molecule has 1 aliphatic carbocycles. The molecule has 2 aliphatic rings. The van der Waals surface area contributed by atoms with Crippen LogP contribution in [-0.2, 0) is 5.54 Å². The van der Waals surface area contributed by atoms with Crippen LogP contribution in [0.4, 0.5) is 0 Å². The van der Waals surface area contributed by atoms with E-state index in [0.717, 1.165) is 19.0 Å². The van der Waals surface area contributed by atoms with Crippen molar-refractivity contribution in [2.45, 2.75) is 57.5 Å². The summed E-state index contributed by atoms with van der Waals surface area (Å²) in [6, 6.07) is 11.7. The molecule has 2 nitrogen and oxygen atoms in total. The molecule has 21 heavy (non-hydrogen) atoms. The molecule has 2 unspecified atom stereocenters. The molecule has 0 spiro atoms. The number of nitrogens with zero attached hydrogens (tertiary/aromatic N) is 1. The van der Waals surface area contributed by atoms with E-state index >= 15 is 0 Å².